The summed E-state index contributed by atoms with van der Waals surface area (Å²) in [5, 5.41) is 5.08. The molecule has 0 bridgehead atoms. The van der Waals surface area contributed by atoms with Gasteiger partial charge in [0.25, 0.3) is 0 Å². The highest BCUT2D eigenvalue weighted by Gasteiger charge is 2.30. The van der Waals surface area contributed by atoms with Crippen molar-refractivity contribution in [3.8, 4) is 0 Å². The smallest absolute Gasteiger partial charge is 0.225 e. The summed E-state index contributed by atoms with van der Waals surface area (Å²) in [6, 6.07) is 5.39. The second-order valence-corrected chi connectivity index (χ2v) is 8.09. The lowest BCUT2D eigenvalue weighted by Crippen LogP contribution is -2.35. The molecular formula is C12H16N2O4S2. The van der Waals surface area contributed by atoms with Gasteiger partial charge in [-0.3, -0.25) is 0 Å². The molecule has 0 amide bonds. The number of nitrogens with zero attached hydrogens (tertiary/aromatic N) is 1. The average molecular weight is 316 g/mol. The SMILES string of the molecule is CC1=CCN(S(=O)(=O)c2ccccc2S(N)(=O)=O)CC1. The molecule has 2 N–H and O–H groups in total. The molecule has 1 aliphatic heterocycles. The van der Waals surface area contributed by atoms with E-state index in [0.29, 0.717) is 13.0 Å². The van der Waals surface area contributed by atoms with Crippen LogP contribution in [0.15, 0.2) is 45.7 Å². The van der Waals surface area contributed by atoms with E-state index in [1.54, 1.807) is 0 Å². The van der Waals surface area contributed by atoms with Crippen LogP contribution in [0.4, 0.5) is 0 Å². The normalized spacial score (nSPS) is 17.8. The Balaban J connectivity index is 2.51. The van der Waals surface area contributed by atoms with Crippen molar-refractivity contribution in [1.82, 2.24) is 4.31 Å². The lowest BCUT2D eigenvalue weighted by Gasteiger charge is -2.25. The number of nitrogens with two attached hydrogens (primary N) is 1. The van der Waals surface area contributed by atoms with E-state index < -0.39 is 20.0 Å². The summed E-state index contributed by atoms with van der Waals surface area (Å²) in [6.07, 6.45) is 2.46. The minimum absolute atomic E-state index is 0.243. The van der Waals surface area contributed by atoms with Crippen LogP contribution in [0.2, 0.25) is 0 Å². The Labute approximate surface area is 119 Å². The van der Waals surface area contributed by atoms with E-state index in [9.17, 15) is 16.8 Å². The van der Waals surface area contributed by atoms with Gasteiger partial charge in [0.2, 0.25) is 20.0 Å². The predicted octanol–water partition coefficient (Wildman–Crippen LogP) is 0.675. The van der Waals surface area contributed by atoms with Gasteiger partial charge in [-0.05, 0) is 25.5 Å². The molecule has 1 aliphatic rings. The molecule has 0 aliphatic carbocycles. The second kappa shape index (κ2) is 5.28. The molecule has 0 fully saturated rings. The third-order valence-corrected chi connectivity index (χ3v) is 6.19. The molecule has 0 spiro atoms. The van der Waals surface area contributed by atoms with Gasteiger partial charge in [0.05, 0.1) is 0 Å². The van der Waals surface area contributed by atoms with Crippen LogP contribution in [-0.4, -0.2) is 34.2 Å². The molecular weight excluding hydrogens is 300 g/mol. The van der Waals surface area contributed by atoms with Gasteiger partial charge in [0, 0.05) is 13.1 Å². The molecule has 1 aromatic rings. The highest BCUT2D eigenvalue weighted by atomic mass is 32.2. The maximum absolute atomic E-state index is 12.5. The number of benzene rings is 1. The molecule has 8 heteroatoms. The summed E-state index contributed by atoms with van der Waals surface area (Å²) >= 11 is 0. The van der Waals surface area contributed by atoms with E-state index in [1.165, 1.54) is 28.6 Å². The van der Waals surface area contributed by atoms with Crippen LogP contribution in [0, 0.1) is 0 Å². The molecule has 1 aromatic carbocycles. The van der Waals surface area contributed by atoms with Crippen molar-refractivity contribution in [3.63, 3.8) is 0 Å². The summed E-state index contributed by atoms with van der Waals surface area (Å²) < 4.78 is 49.4. The zero-order valence-electron chi connectivity index (χ0n) is 11.0. The van der Waals surface area contributed by atoms with Crippen molar-refractivity contribution in [3.05, 3.63) is 35.9 Å². The van der Waals surface area contributed by atoms with Crippen LogP contribution in [0.1, 0.15) is 13.3 Å². The number of hydrogen-bond donors (Lipinski definition) is 1. The molecule has 0 unspecified atom stereocenters. The molecule has 6 nitrogen and oxygen atoms in total. The van der Waals surface area contributed by atoms with Crippen molar-refractivity contribution in [2.75, 3.05) is 13.1 Å². The monoisotopic (exact) mass is 316 g/mol. The summed E-state index contributed by atoms with van der Waals surface area (Å²) in [4.78, 5) is -0.637. The first-order valence-electron chi connectivity index (χ1n) is 6.00. The highest BCUT2D eigenvalue weighted by molar-refractivity contribution is 7.92. The Morgan fingerprint density at radius 2 is 1.70 bits per heavy atom. The van der Waals surface area contributed by atoms with Gasteiger partial charge < -0.3 is 0 Å². The van der Waals surface area contributed by atoms with Crippen molar-refractivity contribution in [2.24, 2.45) is 5.14 Å². The molecule has 0 aromatic heterocycles. The molecule has 0 radical (unpaired) electrons. The van der Waals surface area contributed by atoms with Gasteiger partial charge in [-0.25, -0.2) is 22.0 Å². The fourth-order valence-corrected chi connectivity index (χ4v) is 4.74. The molecule has 20 heavy (non-hydrogen) atoms. The fraction of sp³-hybridized carbons (Fsp3) is 0.333. The molecule has 1 heterocycles. The zero-order chi connectivity index (χ0) is 15.0. The topological polar surface area (TPSA) is 97.5 Å². The van der Waals surface area contributed by atoms with Gasteiger partial charge in [0.15, 0.2) is 0 Å². The van der Waals surface area contributed by atoms with Crippen molar-refractivity contribution >= 4 is 20.0 Å². The lowest BCUT2D eigenvalue weighted by molar-refractivity contribution is 0.429. The summed E-state index contributed by atoms with van der Waals surface area (Å²) in [6.45, 7) is 2.51. The maximum atomic E-state index is 12.5. The van der Waals surface area contributed by atoms with Gasteiger partial charge >= 0.3 is 0 Å². The third kappa shape index (κ3) is 2.93. The van der Waals surface area contributed by atoms with E-state index in [0.717, 1.165) is 5.57 Å². The van der Waals surface area contributed by atoms with E-state index in [-0.39, 0.29) is 16.3 Å². The molecule has 0 saturated heterocycles. The standard InChI is InChI=1S/C12H16N2O4S2/c1-10-6-8-14(9-7-10)20(17,18)12-5-3-2-4-11(12)19(13,15)16/h2-6H,7-9H2,1H3,(H2,13,15,16). The van der Waals surface area contributed by atoms with Crippen LogP contribution in [0.5, 0.6) is 0 Å². The first-order valence-corrected chi connectivity index (χ1v) is 8.99. The van der Waals surface area contributed by atoms with Crippen LogP contribution >= 0.6 is 0 Å². The summed E-state index contributed by atoms with van der Waals surface area (Å²) in [7, 11) is -7.96. The average Bonchev–Trinajstić information content (AvgIpc) is 2.38. The van der Waals surface area contributed by atoms with E-state index in [4.69, 9.17) is 5.14 Å². The minimum atomic E-state index is -4.09. The Morgan fingerprint density at radius 3 is 2.20 bits per heavy atom. The Bertz CT molecular complexity index is 751. The quantitative estimate of drug-likeness (QED) is 0.829. The van der Waals surface area contributed by atoms with Crippen LogP contribution in [0.3, 0.4) is 0 Å². The maximum Gasteiger partial charge on any atom is 0.244 e. The number of sulfonamides is 2. The fourth-order valence-electron chi connectivity index (χ4n) is 2.01. The van der Waals surface area contributed by atoms with Crippen LogP contribution in [0.25, 0.3) is 0 Å². The Kier molecular flexibility index (Phi) is 4.01. The molecule has 110 valence electrons. The molecule has 0 saturated carbocycles. The minimum Gasteiger partial charge on any atom is -0.225 e. The first kappa shape index (κ1) is 15.2. The highest BCUT2D eigenvalue weighted by Crippen LogP contribution is 2.25. The van der Waals surface area contributed by atoms with Crippen molar-refractivity contribution in [1.29, 1.82) is 0 Å². The predicted molar refractivity (Wildman–Crippen MR) is 74.9 cm³/mol. The summed E-state index contributed by atoms with van der Waals surface area (Å²) in [5.74, 6) is 0. The number of hydrogen-bond acceptors (Lipinski definition) is 4. The summed E-state index contributed by atoms with van der Waals surface area (Å²) in [5.41, 5.74) is 1.12. The van der Waals surface area contributed by atoms with Crippen LogP contribution in [-0.2, 0) is 20.0 Å². The number of primary sulfonamides is 1. The van der Waals surface area contributed by atoms with Gasteiger partial charge in [0.1, 0.15) is 9.79 Å². The molecule has 0 atom stereocenters. The van der Waals surface area contributed by atoms with E-state index in [1.807, 2.05) is 13.0 Å². The molecule has 2 rings (SSSR count). The number of rotatable bonds is 3. The van der Waals surface area contributed by atoms with Crippen LogP contribution < -0.4 is 5.14 Å². The van der Waals surface area contributed by atoms with Crippen molar-refractivity contribution in [2.45, 2.75) is 23.1 Å². The Morgan fingerprint density at radius 1 is 1.10 bits per heavy atom. The zero-order valence-corrected chi connectivity index (χ0v) is 12.6. The largest absolute Gasteiger partial charge is 0.244 e. The van der Waals surface area contributed by atoms with E-state index in [2.05, 4.69) is 0 Å². The second-order valence-electron chi connectivity index (χ2n) is 4.66. The van der Waals surface area contributed by atoms with Gasteiger partial charge in [-0.2, -0.15) is 4.31 Å². The van der Waals surface area contributed by atoms with Crippen molar-refractivity contribution < 1.29 is 16.8 Å². The lowest BCUT2D eigenvalue weighted by atomic mass is 10.1. The van der Waals surface area contributed by atoms with Gasteiger partial charge in [-0.1, -0.05) is 23.8 Å². The third-order valence-electron chi connectivity index (χ3n) is 3.17. The Hall–Kier alpha value is -1.22. The first-order chi connectivity index (χ1) is 9.23. The van der Waals surface area contributed by atoms with E-state index >= 15 is 0 Å². The van der Waals surface area contributed by atoms with Gasteiger partial charge in [-0.15, -0.1) is 0 Å².